The Balaban J connectivity index is 1.28. The summed E-state index contributed by atoms with van der Waals surface area (Å²) in [4.78, 5) is 16.0. The topological polar surface area (TPSA) is 78.3 Å². The zero-order chi connectivity index (χ0) is 22.6. The number of methoxy groups -OCH3 is 1. The zero-order valence-electron chi connectivity index (χ0n) is 18.2. The Bertz CT molecular complexity index is 1220. The van der Waals surface area contributed by atoms with Gasteiger partial charge in [-0.1, -0.05) is 54.6 Å². The number of aromatic nitrogens is 3. The van der Waals surface area contributed by atoms with Gasteiger partial charge < -0.3 is 14.8 Å². The Morgan fingerprint density at radius 2 is 1.76 bits per heavy atom. The monoisotopic (exact) mass is 440 g/mol. The largest absolute Gasteiger partial charge is 0.489 e. The van der Waals surface area contributed by atoms with Crippen LogP contribution in [0, 0.1) is 0 Å². The van der Waals surface area contributed by atoms with Crippen LogP contribution in [0.4, 0.5) is 5.95 Å². The number of carbonyl (C=O) groups is 1. The van der Waals surface area contributed by atoms with Crippen molar-refractivity contribution in [2.75, 3.05) is 12.4 Å². The molecule has 3 aromatic carbocycles. The molecule has 33 heavy (non-hydrogen) atoms. The maximum Gasteiger partial charge on any atom is 0.337 e. The van der Waals surface area contributed by atoms with Crippen LogP contribution in [-0.2, 0) is 11.3 Å². The Kier molecular flexibility index (Phi) is 5.76. The lowest BCUT2D eigenvalue weighted by molar-refractivity contribution is 0.0600. The Labute approximate surface area is 192 Å². The Morgan fingerprint density at radius 3 is 2.48 bits per heavy atom. The number of rotatable bonds is 6. The minimum absolute atomic E-state index is 0.0777. The fraction of sp³-hybridized carbons (Fsp3) is 0.192. The maximum absolute atomic E-state index is 11.6. The molecule has 0 saturated heterocycles. The fourth-order valence-corrected chi connectivity index (χ4v) is 4.11. The van der Waals surface area contributed by atoms with Crippen LogP contribution in [0.2, 0.25) is 0 Å². The summed E-state index contributed by atoms with van der Waals surface area (Å²) in [6, 6.07) is 26.0. The molecule has 0 unspecified atom stereocenters. The van der Waals surface area contributed by atoms with Gasteiger partial charge in [0.15, 0.2) is 0 Å². The second-order valence-electron chi connectivity index (χ2n) is 7.93. The Hall–Kier alpha value is -4.13. The van der Waals surface area contributed by atoms with Crippen molar-refractivity contribution in [2.24, 2.45) is 0 Å². The van der Waals surface area contributed by atoms with Gasteiger partial charge in [0.05, 0.1) is 24.8 Å². The highest BCUT2D eigenvalue weighted by Crippen LogP contribution is 2.37. The molecule has 0 saturated carbocycles. The van der Waals surface area contributed by atoms with E-state index in [1.165, 1.54) is 12.7 Å². The van der Waals surface area contributed by atoms with Gasteiger partial charge in [-0.05, 0) is 47.4 Å². The number of anilines is 1. The molecule has 1 aliphatic rings. The number of nitrogens with zero attached hydrogens (tertiary/aromatic N) is 3. The van der Waals surface area contributed by atoms with Crippen LogP contribution in [0.3, 0.4) is 0 Å². The van der Waals surface area contributed by atoms with Crippen LogP contribution in [0.5, 0.6) is 5.75 Å². The molecule has 5 rings (SSSR count). The second-order valence-corrected chi connectivity index (χ2v) is 7.93. The number of ether oxygens (including phenoxy) is 2. The molecule has 0 radical (unpaired) electrons. The van der Waals surface area contributed by atoms with E-state index in [0.717, 1.165) is 29.2 Å². The van der Waals surface area contributed by atoms with Crippen LogP contribution in [0.1, 0.15) is 45.6 Å². The zero-order valence-corrected chi connectivity index (χ0v) is 18.2. The van der Waals surface area contributed by atoms with E-state index in [1.807, 2.05) is 35.0 Å². The number of benzene rings is 3. The summed E-state index contributed by atoms with van der Waals surface area (Å²) in [5.41, 5.74) is 3.88. The number of carbonyl (C=O) groups excluding carboxylic acids is 1. The van der Waals surface area contributed by atoms with E-state index < -0.39 is 0 Å². The molecule has 1 aromatic heterocycles. The van der Waals surface area contributed by atoms with Crippen LogP contribution in [0.15, 0.2) is 85.2 Å². The van der Waals surface area contributed by atoms with Crippen molar-refractivity contribution in [2.45, 2.75) is 25.1 Å². The van der Waals surface area contributed by atoms with Crippen molar-refractivity contribution < 1.29 is 14.3 Å². The van der Waals surface area contributed by atoms with Gasteiger partial charge in [-0.2, -0.15) is 10.1 Å². The molecule has 0 bridgehead atoms. The molecule has 1 N–H and O–H groups in total. The molecule has 0 amide bonds. The van der Waals surface area contributed by atoms with Crippen molar-refractivity contribution in [3.05, 3.63) is 107 Å². The minimum atomic E-state index is -0.346. The van der Waals surface area contributed by atoms with E-state index in [4.69, 9.17) is 9.47 Å². The van der Waals surface area contributed by atoms with Crippen molar-refractivity contribution in [3.8, 4) is 5.75 Å². The van der Waals surface area contributed by atoms with E-state index in [0.29, 0.717) is 12.2 Å². The van der Waals surface area contributed by atoms with E-state index >= 15 is 0 Å². The normalized spacial score (nSPS) is 17.0. The van der Waals surface area contributed by atoms with E-state index in [-0.39, 0.29) is 18.1 Å². The molecule has 7 nitrogen and oxygen atoms in total. The van der Waals surface area contributed by atoms with Gasteiger partial charge in [-0.15, -0.1) is 0 Å². The molecule has 0 spiro atoms. The van der Waals surface area contributed by atoms with Gasteiger partial charge in [0, 0.05) is 0 Å². The third-order valence-electron chi connectivity index (χ3n) is 5.88. The lowest BCUT2D eigenvalue weighted by Crippen LogP contribution is -2.28. The Morgan fingerprint density at radius 1 is 1.00 bits per heavy atom. The van der Waals surface area contributed by atoms with Gasteiger partial charge in [-0.25, -0.2) is 9.48 Å². The summed E-state index contributed by atoms with van der Waals surface area (Å²) in [7, 11) is 1.37. The molecule has 4 aromatic rings. The van der Waals surface area contributed by atoms with Gasteiger partial charge in [-0.3, -0.25) is 0 Å². The first-order chi connectivity index (χ1) is 16.2. The lowest BCUT2D eigenvalue weighted by atomic mass is 9.93. The fourth-order valence-electron chi connectivity index (χ4n) is 4.11. The quantitative estimate of drug-likeness (QED) is 0.435. The van der Waals surface area contributed by atoms with Gasteiger partial charge >= 0.3 is 5.97 Å². The highest BCUT2D eigenvalue weighted by Gasteiger charge is 2.29. The summed E-state index contributed by atoms with van der Waals surface area (Å²) in [6.45, 7) is 0.414. The summed E-state index contributed by atoms with van der Waals surface area (Å²) < 4.78 is 12.6. The molecule has 7 heteroatoms. The highest BCUT2D eigenvalue weighted by atomic mass is 16.5. The predicted octanol–water partition coefficient (Wildman–Crippen LogP) is 4.79. The average molecular weight is 441 g/mol. The van der Waals surface area contributed by atoms with Gasteiger partial charge in [0.1, 0.15) is 18.7 Å². The molecule has 2 atom stereocenters. The maximum atomic E-state index is 11.6. The van der Waals surface area contributed by atoms with Gasteiger partial charge in [0.25, 0.3) is 0 Å². The predicted molar refractivity (Wildman–Crippen MR) is 124 cm³/mol. The third kappa shape index (κ3) is 4.43. The number of hydrogen-bond donors (Lipinski definition) is 1. The van der Waals surface area contributed by atoms with E-state index in [2.05, 4.69) is 51.8 Å². The number of nitrogens with one attached hydrogen (secondary N) is 1. The van der Waals surface area contributed by atoms with Crippen molar-refractivity contribution in [1.29, 1.82) is 0 Å². The first-order valence-corrected chi connectivity index (χ1v) is 10.8. The van der Waals surface area contributed by atoms with Crippen LogP contribution in [-0.4, -0.2) is 27.8 Å². The van der Waals surface area contributed by atoms with E-state index in [9.17, 15) is 4.79 Å². The molecular weight excluding hydrogens is 416 g/mol. The first-order valence-electron chi connectivity index (χ1n) is 10.8. The summed E-state index contributed by atoms with van der Waals surface area (Å²) >= 11 is 0. The van der Waals surface area contributed by atoms with Gasteiger partial charge in [0.2, 0.25) is 5.95 Å². The standard InChI is InChI=1S/C26H24N4O3/c1-32-25(31)21-9-7-18(8-10-21)16-33-22-13-11-20(12-14-22)24-15-23(19-5-3-2-4-6-19)29-26-27-17-28-30(24)26/h2-14,17,23-24H,15-16H2,1H3,(H,27,28,29)/t23-,24+/m0/s1. The molecule has 1 aliphatic heterocycles. The summed E-state index contributed by atoms with van der Waals surface area (Å²) in [6.07, 6.45) is 2.46. The van der Waals surface area contributed by atoms with Crippen molar-refractivity contribution in [1.82, 2.24) is 14.8 Å². The first kappa shape index (κ1) is 20.8. The van der Waals surface area contributed by atoms with Crippen LogP contribution < -0.4 is 10.1 Å². The molecule has 0 aliphatic carbocycles. The van der Waals surface area contributed by atoms with Crippen LogP contribution in [0.25, 0.3) is 0 Å². The SMILES string of the molecule is COC(=O)c1ccc(COc2ccc([C@H]3C[C@@H](c4ccccc4)Nc4ncnn43)cc2)cc1. The number of esters is 1. The van der Waals surface area contributed by atoms with Crippen LogP contribution >= 0.6 is 0 Å². The smallest absolute Gasteiger partial charge is 0.337 e. The summed E-state index contributed by atoms with van der Waals surface area (Å²) in [5.74, 6) is 1.21. The lowest BCUT2D eigenvalue weighted by Gasteiger charge is -2.31. The van der Waals surface area contributed by atoms with Crippen molar-refractivity contribution >= 4 is 11.9 Å². The molecule has 2 heterocycles. The average Bonchev–Trinajstić information content (AvgIpc) is 3.36. The van der Waals surface area contributed by atoms with Crippen molar-refractivity contribution in [3.63, 3.8) is 0 Å². The molecule has 0 fully saturated rings. The second kappa shape index (κ2) is 9.16. The third-order valence-corrected chi connectivity index (χ3v) is 5.88. The molecule has 166 valence electrons. The minimum Gasteiger partial charge on any atom is -0.489 e. The highest BCUT2D eigenvalue weighted by molar-refractivity contribution is 5.89. The number of hydrogen-bond acceptors (Lipinski definition) is 6. The molecular formula is C26H24N4O3. The van der Waals surface area contributed by atoms with E-state index in [1.54, 1.807) is 18.5 Å². The summed E-state index contributed by atoms with van der Waals surface area (Å²) in [5, 5.41) is 7.94. The number of fused-ring (bicyclic) bond motifs is 1.